The van der Waals surface area contributed by atoms with Gasteiger partial charge in [0.2, 0.25) is 11.8 Å². The molecule has 1 saturated carbocycles. The van der Waals surface area contributed by atoms with E-state index >= 15 is 0 Å². The van der Waals surface area contributed by atoms with Crippen LogP contribution in [-0.2, 0) is 41.7 Å². The molecule has 5 aliphatic rings. The lowest BCUT2D eigenvalue weighted by Crippen LogP contribution is -2.55. The Morgan fingerprint density at radius 2 is 1.92 bits per heavy atom. The molecule has 4 heterocycles. The summed E-state index contributed by atoms with van der Waals surface area (Å²) in [7, 11) is 0. The minimum Gasteiger partial charge on any atom is -0.492 e. The van der Waals surface area contributed by atoms with E-state index < -0.39 is 41.7 Å². The number of carbonyl (C=O) groups is 4. The van der Waals surface area contributed by atoms with Crippen molar-refractivity contribution in [1.82, 2.24) is 20.0 Å². The van der Waals surface area contributed by atoms with Crippen LogP contribution in [0, 0.1) is 5.92 Å². The lowest BCUT2D eigenvalue weighted by molar-refractivity contribution is -0.150. The largest absolute Gasteiger partial charge is 0.492 e. The average molecular weight is 668 g/mol. The van der Waals surface area contributed by atoms with Crippen molar-refractivity contribution in [3.05, 3.63) is 41.5 Å². The molecule has 0 radical (unpaired) electrons. The van der Waals surface area contributed by atoms with E-state index in [0.717, 1.165) is 75.4 Å². The van der Waals surface area contributed by atoms with Gasteiger partial charge in [-0.05, 0) is 55.9 Å². The first kappa shape index (κ1) is 34.2. The highest BCUT2D eigenvalue weighted by Gasteiger charge is 2.62. The maximum Gasteiger partial charge on any atom is 0.410 e. The van der Waals surface area contributed by atoms with E-state index in [9.17, 15) is 19.2 Å². The second kappa shape index (κ2) is 15.3. The number of allylic oxidation sites excluding steroid dienone is 1. The standard InChI is InChI=1S/C35H49N5O8/c1-2-46-33(43)35-20-26(35)8-6-4-3-5-7-9-29(36)32(42)40-23-28(19-30(40)31(41)37-35)48-34(44)39-21-24-10-11-27(18-25(24)22-39)47-17-14-38-12-15-45-16-13-38/h6,8,10-11,18,26,28-30H,2-5,7,9,12-17,19-23,36H2,1H3,(H,37,41)/t26-,28-,29+,30+,35-/m1/s1. The van der Waals surface area contributed by atoms with Crippen LogP contribution in [0.3, 0.4) is 0 Å². The van der Waals surface area contributed by atoms with Gasteiger partial charge in [0.25, 0.3) is 0 Å². The molecular weight excluding hydrogens is 618 g/mol. The van der Waals surface area contributed by atoms with Crippen molar-refractivity contribution in [1.29, 1.82) is 0 Å². The molecule has 13 nitrogen and oxygen atoms in total. The number of morpholine rings is 1. The zero-order valence-electron chi connectivity index (χ0n) is 27.9. The quantitative estimate of drug-likeness (QED) is 0.327. The highest BCUT2D eigenvalue weighted by molar-refractivity contribution is 5.96. The van der Waals surface area contributed by atoms with Crippen molar-refractivity contribution < 1.29 is 38.1 Å². The highest BCUT2D eigenvalue weighted by atomic mass is 16.6. The van der Waals surface area contributed by atoms with Gasteiger partial charge in [0.15, 0.2) is 0 Å². The molecule has 1 aromatic rings. The molecule has 0 spiro atoms. The Balaban J connectivity index is 1.09. The van der Waals surface area contributed by atoms with Gasteiger partial charge in [-0.2, -0.15) is 0 Å². The number of ether oxygens (including phenoxy) is 4. The summed E-state index contributed by atoms with van der Waals surface area (Å²) >= 11 is 0. The fraction of sp³-hybridized carbons (Fsp3) is 0.657. The summed E-state index contributed by atoms with van der Waals surface area (Å²) < 4.78 is 22.7. The lowest BCUT2D eigenvalue weighted by Gasteiger charge is -2.28. The average Bonchev–Trinajstić information content (AvgIpc) is 3.38. The molecule has 1 aromatic carbocycles. The maximum atomic E-state index is 13.8. The first-order valence-electron chi connectivity index (χ1n) is 17.5. The molecule has 2 saturated heterocycles. The molecule has 5 atom stereocenters. The van der Waals surface area contributed by atoms with Gasteiger partial charge < -0.3 is 34.9 Å². The zero-order chi connectivity index (χ0) is 33.7. The molecule has 0 bridgehead atoms. The van der Waals surface area contributed by atoms with Crippen molar-refractivity contribution in [2.75, 3.05) is 52.6 Å². The molecule has 3 N–H and O–H groups in total. The van der Waals surface area contributed by atoms with Crippen LogP contribution < -0.4 is 15.8 Å². The number of fused-ring (bicyclic) bond motifs is 3. The minimum atomic E-state index is -1.16. The van der Waals surface area contributed by atoms with Crippen LogP contribution in [0.1, 0.15) is 63.0 Å². The van der Waals surface area contributed by atoms with Crippen LogP contribution in [0.25, 0.3) is 0 Å². The summed E-state index contributed by atoms with van der Waals surface area (Å²) in [6, 6.07) is 4.16. The van der Waals surface area contributed by atoms with Crippen LogP contribution in [0.4, 0.5) is 4.79 Å². The summed E-state index contributed by atoms with van der Waals surface area (Å²) in [5, 5.41) is 2.94. The van der Waals surface area contributed by atoms with Gasteiger partial charge in [0, 0.05) is 45.1 Å². The van der Waals surface area contributed by atoms with Gasteiger partial charge in [-0.1, -0.05) is 31.1 Å². The Bertz CT molecular complexity index is 1380. The molecule has 6 rings (SSSR count). The Kier molecular flexibility index (Phi) is 10.9. The maximum absolute atomic E-state index is 13.8. The van der Waals surface area contributed by atoms with Gasteiger partial charge in [-0.15, -0.1) is 0 Å². The zero-order valence-corrected chi connectivity index (χ0v) is 27.9. The molecule has 13 heteroatoms. The third-order valence-electron chi connectivity index (χ3n) is 10.1. The van der Waals surface area contributed by atoms with Gasteiger partial charge in [-0.3, -0.25) is 19.4 Å². The molecule has 48 heavy (non-hydrogen) atoms. The summed E-state index contributed by atoms with van der Waals surface area (Å²) in [5.74, 6) is -0.726. The van der Waals surface area contributed by atoms with E-state index in [1.165, 1.54) is 4.90 Å². The predicted molar refractivity (Wildman–Crippen MR) is 175 cm³/mol. The molecule has 3 amide bonds. The molecule has 4 aliphatic heterocycles. The highest BCUT2D eigenvalue weighted by Crippen LogP contribution is 2.46. The first-order valence-corrected chi connectivity index (χ1v) is 17.5. The first-order chi connectivity index (χ1) is 23.3. The molecule has 3 fully saturated rings. The molecule has 0 aromatic heterocycles. The van der Waals surface area contributed by atoms with Crippen LogP contribution in [0.15, 0.2) is 30.4 Å². The third kappa shape index (κ3) is 7.79. The van der Waals surface area contributed by atoms with Crippen LogP contribution >= 0.6 is 0 Å². The molecule has 0 unspecified atom stereocenters. The van der Waals surface area contributed by atoms with E-state index in [0.29, 0.717) is 32.5 Å². The Morgan fingerprint density at radius 3 is 2.73 bits per heavy atom. The van der Waals surface area contributed by atoms with Crippen LogP contribution in [0.5, 0.6) is 5.75 Å². The number of hydrogen-bond donors (Lipinski definition) is 2. The van der Waals surface area contributed by atoms with Gasteiger partial charge >= 0.3 is 12.1 Å². The number of esters is 1. The monoisotopic (exact) mass is 667 g/mol. The number of rotatable bonds is 7. The van der Waals surface area contributed by atoms with E-state index in [2.05, 4.69) is 16.3 Å². The molecular formula is C35H49N5O8. The Hall–Kier alpha value is -3.68. The summed E-state index contributed by atoms with van der Waals surface area (Å²) in [6.45, 7) is 7.43. The minimum absolute atomic E-state index is 0.0496. The van der Waals surface area contributed by atoms with E-state index in [1.807, 2.05) is 24.3 Å². The summed E-state index contributed by atoms with van der Waals surface area (Å²) in [4.78, 5) is 59.2. The fourth-order valence-electron chi connectivity index (χ4n) is 7.21. The normalized spacial score (nSPS) is 29.5. The topological polar surface area (TPSA) is 153 Å². The molecule has 262 valence electrons. The number of hydrogen-bond acceptors (Lipinski definition) is 10. The van der Waals surface area contributed by atoms with Crippen molar-refractivity contribution >= 4 is 23.9 Å². The number of nitrogens with one attached hydrogen (secondary N) is 1. The van der Waals surface area contributed by atoms with Gasteiger partial charge in [0.1, 0.15) is 30.0 Å². The van der Waals surface area contributed by atoms with E-state index in [1.54, 1.807) is 11.8 Å². The number of benzene rings is 1. The van der Waals surface area contributed by atoms with Crippen molar-refractivity contribution in [3.63, 3.8) is 0 Å². The van der Waals surface area contributed by atoms with Crippen LogP contribution in [-0.4, -0.2) is 115 Å². The summed E-state index contributed by atoms with van der Waals surface area (Å²) in [6.07, 6.45) is 7.35. The van der Waals surface area contributed by atoms with Crippen molar-refractivity contribution in [3.8, 4) is 5.75 Å². The smallest absolute Gasteiger partial charge is 0.410 e. The number of amides is 3. The number of carbonyl (C=O) groups excluding carboxylic acids is 4. The SMILES string of the molecule is CCOC(=O)[C@@]12C[C@H]1C=CCCCCC[C@H](N)C(=O)N1C[C@H](OC(=O)N3Cc4ccc(OCCN5CCOCC5)cc4C3)C[C@H]1C(=O)N2. The van der Waals surface area contributed by atoms with Gasteiger partial charge in [-0.25, -0.2) is 9.59 Å². The number of nitrogens with two attached hydrogens (primary N) is 1. The summed E-state index contributed by atoms with van der Waals surface area (Å²) in [5.41, 5.74) is 7.19. The van der Waals surface area contributed by atoms with Crippen molar-refractivity contribution in [2.45, 2.75) is 88.7 Å². The van der Waals surface area contributed by atoms with E-state index in [4.69, 9.17) is 24.7 Å². The van der Waals surface area contributed by atoms with Crippen molar-refractivity contribution in [2.24, 2.45) is 11.7 Å². The Morgan fingerprint density at radius 1 is 1.10 bits per heavy atom. The second-order valence-electron chi connectivity index (χ2n) is 13.5. The van der Waals surface area contributed by atoms with Gasteiger partial charge in [0.05, 0.1) is 32.4 Å². The van der Waals surface area contributed by atoms with E-state index in [-0.39, 0.29) is 31.4 Å². The number of nitrogens with zero attached hydrogens (tertiary/aromatic N) is 3. The second-order valence-corrected chi connectivity index (χ2v) is 13.5. The van der Waals surface area contributed by atoms with Crippen LogP contribution in [0.2, 0.25) is 0 Å². The lowest BCUT2D eigenvalue weighted by atomic mass is 10.1. The molecule has 1 aliphatic carbocycles. The fourth-order valence-corrected chi connectivity index (χ4v) is 7.21. The predicted octanol–water partition coefficient (Wildman–Crippen LogP) is 2.10. The Labute approximate surface area is 282 Å². The third-order valence-corrected chi connectivity index (χ3v) is 10.1.